The second-order valence-electron chi connectivity index (χ2n) is 8.77. The summed E-state index contributed by atoms with van der Waals surface area (Å²) in [6.07, 6.45) is 2.02. The van der Waals surface area contributed by atoms with Gasteiger partial charge in [-0.1, -0.05) is 12.1 Å². The Balaban J connectivity index is 1.34. The number of nitrogens with zero attached hydrogens (tertiary/aromatic N) is 4. The number of halogens is 3. The monoisotopic (exact) mass is 522 g/mol. The van der Waals surface area contributed by atoms with Crippen molar-refractivity contribution in [3.05, 3.63) is 72.0 Å². The highest BCUT2D eigenvalue weighted by atomic mass is 32.1. The van der Waals surface area contributed by atoms with E-state index in [-0.39, 0.29) is 11.1 Å². The summed E-state index contributed by atoms with van der Waals surface area (Å²) in [5.74, 6) is 0.615. The number of hydrogen-bond acceptors (Lipinski definition) is 7. The van der Waals surface area contributed by atoms with E-state index in [2.05, 4.69) is 24.8 Å². The molecule has 188 valence electrons. The Morgan fingerprint density at radius 3 is 2.46 bits per heavy atom. The van der Waals surface area contributed by atoms with E-state index in [9.17, 15) is 13.2 Å². The Bertz CT molecular complexity index is 1560. The van der Waals surface area contributed by atoms with Gasteiger partial charge in [0, 0.05) is 46.5 Å². The van der Waals surface area contributed by atoms with E-state index in [4.69, 9.17) is 10.5 Å². The van der Waals surface area contributed by atoms with Gasteiger partial charge in [-0.15, -0.1) is 11.3 Å². The van der Waals surface area contributed by atoms with E-state index in [0.29, 0.717) is 23.2 Å². The highest BCUT2D eigenvalue weighted by molar-refractivity contribution is 7.13. The third-order valence-electron chi connectivity index (χ3n) is 6.41. The van der Waals surface area contributed by atoms with Crippen LogP contribution in [0.25, 0.3) is 22.2 Å². The molecule has 7 nitrogen and oxygen atoms in total. The fourth-order valence-corrected chi connectivity index (χ4v) is 5.18. The smallest absolute Gasteiger partial charge is 0.424 e. The number of benzene rings is 2. The summed E-state index contributed by atoms with van der Waals surface area (Å²) in [4.78, 5) is 11.9. The fraction of sp³-hybridized carbons (Fsp3) is 0.192. The minimum absolute atomic E-state index is 0.179. The summed E-state index contributed by atoms with van der Waals surface area (Å²) >= 11 is 0.909. The van der Waals surface area contributed by atoms with Gasteiger partial charge in [0.2, 0.25) is 0 Å². The van der Waals surface area contributed by atoms with Gasteiger partial charge in [0.25, 0.3) is 0 Å². The Kier molecular flexibility index (Phi) is 5.71. The van der Waals surface area contributed by atoms with Crippen molar-refractivity contribution in [2.24, 2.45) is 0 Å². The lowest BCUT2D eigenvalue weighted by molar-refractivity contribution is -0.140. The molecule has 37 heavy (non-hydrogen) atoms. The van der Waals surface area contributed by atoms with Gasteiger partial charge in [-0.2, -0.15) is 13.2 Å². The van der Waals surface area contributed by atoms with Crippen LogP contribution in [0.2, 0.25) is 0 Å². The number of fused-ring (bicyclic) bond motifs is 1. The minimum Gasteiger partial charge on any atom is -0.424 e. The predicted octanol–water partition coefficient (Wildman–Crippen LogP) is 7.42. The quantitative estimate of drug-likeness (QED) is 0.241. The first-order valence-electron chi connectivity index (χ1n) is 11.7. The molecule has 2 aromatic carbocycles. The molecule has 3 aromatic heterocycles. The molecule has 1 aliphatic carbocycles. The molecule has 0 unspecified atom stereocenters. The van der Waals surface area contributed by atoms with Crippen molar-refractivity contribution in [3.63, 3.8) is 0 Å². The molecule has 1 aliphatic rings. The molecule has 0 spiro atoms. The van der Waals surface area contributed by atoms with Crippen LogP contribution in [0.1, 0.15) is 31.0 Å². The fourth-order valence-electron chi connectivity index (χ4n) is 4.44. The SMILES string of the molecule is Nc1c(-c2ccc(Nc3nc(C(F)(F)F)cs3)cc2)n(C2CCC2)c2cc(Oc3ncccn3)ccc12. The van der Waals surface area contributed by atoms with E-state index in [0.717, 1.165) is 58.1 Å². The zero-order chi connectivity index (χ0) is 25.6. The largest absolute Gasteiger partial charge is 0.434 e. The number of ether oxygens (including phenoxy) is 1. The Morgan fingerprint density at radius 2 is 1.81 bits per heavy atom. The number of anilines is 3. The van der Waals surface area contributed by atoms with Crippen LogP contribution >= 0.6 is 11.3 Å². The molecule has 0 aliphatic heterocycles. The number of thiazole rings is 1. The normalized spacial score (nSPS) is 14.0. The van der Waals surface area contributed by atoms with Gasteiger partial charge in [0.15, 0.2) is 10.8 Å². The number of nitrogen functional groups attached to an aromatic ring is 1. The van der Waals surface area contributed by atoms with Gasteiger partial charge >= 0.3 is 12.2 Å². The van der Waals surface area contributed by atoms with Crippen molar-refractivity contribution in [2.75, 3.05) is 11.1 Å². The summed E-state index contributed by atoms with van der Waals surface area (Å²) in [6, 6.07) is 15.5. The van der Waals surface area contributed by atoms with Gasteiger partial charge in [-0.3, -0.25) is 0 Å². The highest BCUT2D eigenvalue weighted by Gasteiger charge is 2.33. The number of hydrogen-bond donors (Lipinski definition) is 2. The molecule has 0 radical (unpaired) electrons. The molecule has 0 saturated heterocycles. The van der Waals surface area contributed by atoms with Gasteiger partial charge in [0.1, 0.15) is 5.75 Å². The van der Waals surface area contributed by atoms with Gasteiger partial charge in [0.05, 0.1) is 16.9 Å². The second-order valence-corrected chi connectivity index (χ2v) is 9.63. The van der Waals surface area contributed by atoms with Crippen molar-refractivity contribution < 1.29 is 17.9 Å². The molecular formula is C26H21F3N6OS. The molecular weight excluding hydrogens is 501 g/mol. The minimum atomic E-state index is -4.47. The highest BCUT2D eigenvalue weighted by Crippen LogP contribution is 2.45. The maximum atomic E-state index is 12.9. The topological polar surface area (TPSA) is 90.9 Å². The number of alkyl halides is 3. The lowest BCUT2D eigenvalue weighted by Gasteiger charge is -2.30. The summed E-state index contributed by atoms with van der Waals surface area (Å²) < 4.78 is 46.7. The lowest BCUT2D eigenvalue weighted by atomic mass is 9.92. The summed E-state index contributed by atoms with van der Waals surface area (Å²) in [7, 11) is 0. The first kappa shape index (κ1) is 23.3. The molecule has 0 bridgehead atoms. The van der Waals surface area contributed by atoms with E-state index in [1.54, 1.807) is 18.5 Å². The number of aromatic nitrogens is 4. The summed E-state index contributed by atoms with van der Waals surface area (Å²) in [5, 5.41) is 5.05. The number of nitrogens with one attached hydrogen (secondary N) is 1. The molecule has 0 amide bonds. The first-order chi connectivity index (χ1) is 17.9. The number of nitrogens with two attached hydrogens (primary N) is 1. The molecule has 11 heteroatoms. The second kappa shape index (κ2) is 9.07. The van der Waals surface area contributed by atoms with Gasteiger partial charge in [-0.25, -0.2) is 15.0 Å². The van der Waals surface area contributed by atoms with E-state index in [1.807, 2.05) is 42.5 Å². The van der Waals surface area contributed by atoms with Crippen molar-refractivity contribution >= 4 is 38.7 Å². The lowest BCUT2D eigenvalue weighted by Crippen LogP contribution is -2.17. The van der Waals surface area contributed by atoms with E-state index in [1.165, 1.54) is 0 Å². The van der Waals surface area contributed by atoms with Crippen LogP contribution in [0.4, 0.5) is 29.7 Å². The standard InChI is InChI=1S/C26H21F3N6OS/c27-26(28,29)21-14-37-25(34-21)33-16-7-5-15(6-8-16)23-22(30)19-10-9-18(36-24-31-11-2-12-32-24)13-20(19)35(23)17-3-1-4-17/h2,5-14,17H,1,3-4,30H2,(H,33,34). The average Bonchev–Trinajstić information content (AvgIpc) is 3.43. The molecule has 0 atom stereocenters. The van der Waals surface area contributed by atoms with Crippen molar-refractivity contribution in [1.29, 1.82) is 0 Å². The molecule has 1 saturated carbocycles. The Labute approximate surface area is 213 Å². The number of rotatable bonds is 6. The molecule has 5 aromatic rings. The predicted molar refractivity (Wildman–Crippen MR) is 137 cm³/mol. The maximum absolute atomic E-state index is 12.9. The molecule has 3 heterocycles. The van der Waals surface area contributed by atoms with E-state index >= 15 is 0 Å². The summed E-state index contributed by atoms with van der Waals surface area (Å²) in [5.41, 5.74) is 9.86. The Morgan fingerprint density at radius 1 is 1.05 bits per heavy atom. The van der Waals surface area contributed by atoms with Crippen molar-refractivity contribution in [3.8, 4) is 23.0 Å². The van der Waals surface area contributed by atoms with Crippen LogP contribution in [-0.4, -0.2) is 19.5 Å². The zero-order valence-electron chi connectivity index (χ0n) is 19.4. The van der Waals surface area contributed by atoms with Crippen LogP contribution in [0.3, 0.4) is 0 Å². The third-order valence-corrected chi connectivity index (χ3v) is 7.17. The van der Waals surface area contributed by atoms with Crippen LogP contribution in [0.5, 0.6) is 11.8 Å². The van der Waals surface area contributed by atoms with E-state index < -0.39 is 11.9 Å². The molecule has 1 fully saturated rings. The molecule has 3 N–H and O–H groups in total. The van der Waals surface area contributed by atoms with Crippen molar-refractivity contribution in [2.45, 2.75) is 31.5 Å². The molecule has 6 rings (SSSR count). The van der Waals surface area contributed by atoms with Gasteiger partial charge in [-0.05, 0) is 49.6 Å². The zero-order valence-corrected chi connectivity index (χ0v) is 20.2. The van der Waals surface area contributed by atoms with Crippen molar-refractivity contribution in [1.82, 2.24) is 19.5 Å². The summed E-state index contributed by atoms with van der Waals surface area (Å²) in [6.45, 7) is 0. The van der Waals surface area contributed by atoms with Gasteiger partial charge < -0.3 is 20.4 Å². The first-order valence-corrected chi connectivity index (χ1v) is 12.5. The third kappa shape index (κ3) is 4.46. The van der Waals surface area contributed by atoms with Crippen LogP contribution in [0.15, 0.2) is 66.3 Å². The Hall–Kier alpha value is -4.12. The van der Waals surface area contributed by atoms with Crippen LogP contribution in [0, 0.1) is 0 Å². The van der Waals surface area contributed by atoms with Crippen LogP contribution < -0.4 is 15.8 Å². The average molecular weight is 523 g/mol. The maximum Gasteiger partial charge on any atom is 0.434 e. The van der Waals surface area contributed by atoms with Crippen LogP contribution in [-0.2, 0) is 6.18 Å².